The van der Waals surface area contributed by atoms with E-state index in [1.54, 1.807) is 18.2 Å². The minimum absolute atomic E-state index is 0.146. The molecule has 0 unspecified atom stereocenters. The summed E-state index contributed by atoms with van der Waals surface area (Å²) >= 11 is 0. The lowest BCUT2D eigenvalue weighted by molar-refractivity contribution is 0.653. The summed E-state index contributed by atoms with van der Waals surface area (Å²) in [6.45, 7) is 0. The smallest absolute Gasteiger partial charge is 0.260 e. The van der Waals surface area contributed by atoms with Crippen molar-refractivity contribution in [3.05, 3.63) is 71.9 Å². The van der Waals surface area contributed by atoms with E-state index in [1.807, 2.05) is 30.3 Å². The molecular weight excluding hydrogens is 234 g/mol. The maximum atomic E-state index is 13.9. The van der Waals surface area contributed by atoms with Gasteiger partial charge in [-0.1, -0.05) is 66.7 Å². The third kappa shape index (κ3) is 3.11. The van der Waals surface area contributed by atoms with Gasteiger partial charge in [0.1, 0.15) is 0 Å². The Morgan fingerprint density at radius 1 is 0.765 bits per heavy atom. The van der Waals surface area contributed by atoms with Crippen LogP contribution in [-0.4, -0.2) is 8.74 Å². The fourth-order valence-electron chi connectivity index (χ4n) is 1.52. The second kappa shape index (κ2) is 5.06. The monoisotopic (exact) mass is 246 g/mol. The Labute approximate surface area is 101 Å². The van der Waals surface area contributed by atoms with Gasteiger partial charge in [-0.25, -0.2) is 0 Å². The third-order valence-corrected chi connectivity index (χ3v) is 4.13. The van der Waals surface area contributed by atoms with Crippen LogP contribution in [0.25, 0.3) is 6.08 Å². The van der Waals surface area contributed by atoms with Gasteiger partial charge >= 0.3 is 8.74 Å². The fraction of sp³-hybridized carbons (Fsp3) is 0. The number of rotatable bonds is 3. The Bertz CT molecular complexity index is 492. The molecule has 0 aliphatic rings. The first-order chi connectivity index (χ1) is 8.18. The molecule has 0 radical (unpaired) electrons. The van der Waals surface area contributed by atoms with Crippen molar-refractivity contribution in [1.29, 1.82) is 0 Å². The van der Waals surface area contributed by atoms with Crippen LogP contribution in [0.3, 0.4) is 0 Å². The zero-order valence-electron chi connectivity index (χ0n) is 9.18. The summed E-state index contributed by atoms with van der Waals surface area (Å²) in [5, 5.41) is 0.146. The first kappa shape index (κ1) is 11.7. The van der Waals surface area contributed by atoms with Gasteiger partial charge in [0.25, 0.3) is 0 Å². The van der Waals surface area contributed by atoms with Crippen molar-refractivity contribution in [3.8, 4) is 0 Å². The Morgan fingerprint density at radius 2 is 1.29 bits per heavy atom. The van der Waals surface area contributed by atoms with Gasteiger partial charge in [0.05, 0.1) is 0 Å². The molecule has 0 aliphatic heterocycles. The van der Waals surface area contributed by atoms with Crippen LogP contribution in [0.5, 0.6) is 0 Å². The summed E-state index contributed by atoms with van der Waals surface area (Å²) < 4.78 is 27.8. The predicted octanol–water partition coefficient (Wildman–Crippen LogP) is 3.53. The van der Waals surface area contributed by atoms with Crippen LogP contribution >= 0.6 is 0 Å². The molecule has 2 aromatic rings. The summed E-state index contributed by atoms with van der Waals surface area (Å²) in [5.41, 5.74) is 1.87. The van der Waals surface area contributed by atoms with Crippen LogP contribution < -0.4 is 5.19 Å². The topological polar surface area (TPSA) is 0 Å². The highest BCUT2D eigenvalue weighted by molar-refractivity contribution is 6.84. The molecule has 0 bridgehead atoms. The van der Waals surface area contributed by atoms with Crippen LogP contribution in [0.4, 0.5) is 8.22 Å². The average Bonchev–Trinajstić information content (AvgIpc) is 2.39. The number of hydrogen-bond acceptors (Lipinski definition) is 0. The zero-order valence-corrected chi connectivity index (χ0v) is 10.2. The van der Waals surface area contributed by atoms with Gasteiger partial charge in [-0.2, -0.15) is 0 Å². The van der Waals surface area contributed by atoms with Gasteiger partial charge in [-0.3, -0.25) is 8.22 Å². The molecule has 0 fully saturated rings. The molecule has 2 aromatic carbocycles. The summed E-state index contributed by atoms with van der Waals surface area (Å²) in [4.78, 5) is 0. The van der Waals surface area contributed by atoms with Crippen molar-refractivity contribution in [3.63, 3.8) is 0 Å². The van der Waals surface area contributed by atoms with Crippen LogP contribution in [0.1, 0.15) is 5.56 Å². The summed E-state index contributed by atoms with van der Waals surface area (Å²) in [6.07, 6.45) is 1.50. The van der Waals surface area contributed by atoms with Gasteiger partial charge in [-0.15, -0.1) is 0 Å². The molecule has 0 amide bonds. The van der Waals surface area contributed by atoms with Crippen molar-refractivity contribution >= 4 is 20.0 Å². The molecule has 0 atom stereocenters. The second-order valence-electron chi connectivity index (χ2n) is 3.73. The van der Waals surface area contributed by atoms with Gasteiger partial charge in [0, 0.05) is 5.19 Å². The quantitative estimate of drug-likeness (QED) is 0.574. The van der Waals surface area contributed by atoms with Crippen LogP contribution in [0.2, 0.25) is 0 Å². The van der Waals surface area contributed by atoms with Crippen molar-refractivity contribution < 1.29 is 8.22 Å². The van der Waals surface area contributed by atoms with E-state index in [2.05, 4.69) is 0 Å². The van der Waals surface area contributed by atoms with E-state index in [9.17, 15) is 8.22 Å². The minimum Gasteiger partial charge on any atom is -0.260 e. The molecule has 0 nitrogen and oxygen atoms in total. The van der Waals surface area contributed by atoms with Crippen molar-refractivity contribution in [2.75, 3.05) is 0 Å². The van der Waals surface area contributed by atoms with E-state index >= 15 is 0 Å². The number of halogens is 2. The van der Waals surface area contributed by atoms with Crippen LogP contribution in [-0.2, 0) is 0 Å². The predicted molar refractivity (Wildman–Crippen MR) is 69.5 cm³/mol. The summed E-state index contributed by atoms with van der Waals surface area (Å²) in [6, 6.07) is 17.2. The molecule has 0 saturated carbocycles. The van der Waals surface area contributed by atoms with E-state index in [1.165, 1.54) is 18.2 Å². The standard InChI is InChI=1S/C14H12F2Si/c15-17(16,14-9-5-2-6-10-14)12-11-13-7-3-1-4-8-13/h1-12H/b12-11+. The van der Waals surface area contributed by atoms with E-state index in [0.717, 1.165) is 11.3 Å². The van der Waals surface area contributed by atoms with E-state index < -0.39 is 8.74 Å². The highest BCUT2D eigenvalue weighted by Crippen LogP contribution is 2.12. The molecule has 0 N–H and O–H groups in total. The number of hydrogen-bond donors (Lipinski definition) is 0. The van der Waals surface area contributed by atoms with Crippen molar-refractivity contribution in [2.45, 2.75) is 0 Å². The molecule has 86 valence electrons. The molecular formula is C14H12F2Si. The van der Waals surface area contributed by atoms with Gasteiger partial charge in [0.15, 0.2) is 0 Å². The molecule has 0 spiro atoms. The van der Waals surface area contributed by atoms with Gasteiger partial charge in [0.2, 0.25) is 0 Å². The Morgan fingerprint density at radius 3 is 1.88 bits per heavy atom. The SMILES string of the molecule is F[Si](F)(/C=C/c1ccccc1)c1ccccc1. The highest BCUT2D eigenvalue weighted by atomic mass is 28.4. The lowest BCUT2D eigenvalue weighted by Gasteiger charge is -2.07. The molecule has 17 heavy (non-hydrogen) atoms. The fourth-order valence-corrected chi connectivity index (χ4v) is 2.75. The molecule has 0 heterocycles. The Balaban J connectivity index is 2.21. The van der Waals surface area contributed by atoms with Crippen LogP contribution in [0.15, 0.2) is 66.4 Å². The largest absolute Gasteiger partial charge is 0.480 e. The van der Waals surface area contributed by atoms with E-state index in [4.69, 9.17) is 0 Å². The molecule has 0 aromatic heterocycles. The highest BCUT2D eigenvalue weighted by Gasteiger charge is 2.34. The number of benzene rings is 2. The lowest BCUT2D eigenvalue weighted by Crippen LogP contribution is -2.36. The maximum Gasteiger partial charge on any atom is 0.480 e. The minimum atomic E-state index is -4.44. The second-order valence-corrected chi connectivity index (χ2v) is 5.89. The molecule has 3 heteroatoms. The van der Waals surface area contributed by atoms with E-state index in [-0.39, 0.29) is 5.19 Å². The third-order valence-electron chi connectivity index (χ3n) is 2.44. The van der Waals surface area contributed by atoms with Crippen molar-refractivity contribution in [1.82, 2.24) is 0 Å². The van der Waals surface area contributed by atoms with Gasteiger partial charge < -0.3 is 0 Å². The molecule has 0 saturated heterocycles. The van der Waals surface area contributed by atoms with Crippen molar-refractivity contribution in [2.24, 2.45) is 0 Å². The Kier molecular flexibility index (Phi) is 3.49. The normalized spacial score (nSPS) is 11.9. The van der Waals surface area contributed by atoms with Crippen LogP contribution in [0, 0.1) is 0 Å². The lowest BCUT2D eigenvalue weighted by atomic mass is 10.2. The first-order valence-electron chi connectivity index (χ1n) is 5.36. The molecule has 0 aliphatic carbocycles. The summed E-state index contributed by atoms with van der Waals surface area (Å²) in [5.74, 6) is 0. The summed E-state index contributed by atoms with van der Waals surface area (Å²) in [7, 11) is -4.44. The maximum absolute atomic E-state index is 13.9. The molecule has 2 rings (SSSR count). The first-order valence-corrected chi connectivity index (χ1v) is 7.19. The zero-order chi connectivity index (χ0) is 12.1. The Hall–Kier alpha value is -1.74. The van der Waals surface area contributed by atoms with Gasteiger partial charge in [-0.05, 0) is 11.3 Å². The average molecular weight is 246 g/mol. The van der Waals surface area contributed by atoms with E-state index in [0.29, 0.717) is 0 Å².